The van der Waals surface area contributed by atoms with Gasteiger partial charge in [0.2, 0.25) is 0 Å². The van der Waals surface area contributed by atoms with E-state index < -0.39 is 62.5 Å². The summed E-state index contributed by atoms with van der Waals surface area (Å²) >= 11 is 0. The number of ether oxygens (including phenoxy) is 2. The third kappa shape index (κ3) is 6.16. The van der Waals surface area contributed by atoms with Crippen LogP contribution in [-0.4, -0.2) is 49.3 Å². The lowest BCUT2D eigenvalue weighted by Gasteiger charge is -2.30. The zero-order valence-electron chi connectivity index (χ0n) is 18.6. The number of rotatable bonds is 13. The molecular weight excluding hydrogens is 562 g/mol. The molecule has 0 saturated heterocycles. The Morgan fingerprint density at radius 2 is 0.711 bits per heavy atom. The van der Waals surface area contributed by atoms with Gasteiger partial charge in [-0.2, -0.15) is 52.7 Å². The molecule has 0 aliphatic heterocycles. The lowest BCUT2D eigenvalue weighted by atomic mass is 10.0. The molecule has 0 saturated carbocycles. The van der Waals surface area contributed by atoms with Crippen LogP contribution in [0.3, 0.4) is 0 Å². The van der Waals surface area contributed by atoms with E-state index in [9.17, 15) is 61.5 Å². The van der Waals surface area contributed by atoms with E-state index >= 15 is 0 Å². The third-order valence-corrected chi connectivity index (χ3v) is 5.07. The Morgan fingerprint density at radius 3 is 0.947 bits per heavy atom. The first-order chi connectivity index (χ1) is 17.2. The largest absolute Gasteiger partial charge is 0.426 e. The molecule has 0 aliphatic carbocycles. The third-order valence-electron chi connectivity index (χ3n) is 5.07. The Balaban J connectivity index is 2.04. The summed E-state index contributed by atoms with van der Waals surface area (Å²) in [6.07, 6.45) is -11.4. The van der Waals surface area contributed by atoms with Crippen molar-refractivity contribution in [2.24, 2.45) is 0 Å². The highest BCUT2D eigenvalue weighted by Gasteiger charge is 2.74. The van der Waals surface area contributed by atoms with Crippen LogP contribution in [0, 0.1) is 0 Å². The maximum atomic E-state index is 13.5. The first-order valence-electron chi connectivity index (χ1n) is 10.1. The molecular formula is C22H16F14O2. The number of hydrogen-bond acceptors (Lipinski definition) is 2. The molecule has 2 rings (SSSR count). The van der Waals surface area contributed by atoms with Gasteiger partial charge in [-0.25, -0.2) is 8.78 Å². The molecule has 0 atom stereocenters. The molecule has 0 amide bonds. The van der Waals surface area contributed by atoms with Gasteiger partial charge >= 0.3 is 35.9 Å². The average Bonchev–Trinajstić information content (AvgIpc) is 2.86. The van der Waals surface area contributed by atoms with E-state index in [0.29, 0.717) is 11.1 Å². The van der Waals surface area contributed by atoms with Crippen molar-refractivity contribution < 1.29 is 70.9 Å². The Kier molecular flexibility index (Phi) is 9.03. The number of benzene rings is 2. The second-order valence-electron chi connectivity index (χ2n) is 7.83. The molecule has 0 bridgehead atoms. The van der Waals surface area contributed by atoms with Crippen molar-refractivity contribution in [3.05, 3.63) is 59.7 Å². The summed E-state index contributed by atoms with van der Waals surface area (Å²) in [5.74, 6) is -23.7. The topological polar surface area (TPSA) is 18.5 Å². The zero-order valence-corrected chi connectivity index (χ0v) is 18.6. The second-order valence-corrected chi connectivity index (χ2v) is 7.83. The first-order valence-corrected chi connectivity index (χ1v) is 10.1. The smallest absolute Gasteiger partial charge is 0.311 e. The average molecular weight is 578 g/mol. The minimum Gasteiger partial charge on any atom is -0.311 e. The second kappa shape index (κ2) is 10.9. The van der Waals surface area contributed by atoms with Crippen LogP contribution in [0.25, 0.3) is 11.1 Å². The van der Waals surface area contributed by atoms with E-state index in [1.54, 1.807) is 0 Å². The standard InChI is InChI=1S/C22H16F14O2/c23-11-17(25,26)19(29,30)21(33,34)37-9-13-1-5-15(6-2-13)16-7-3-14(4-8-16)10-38-22(35,36)20(31,32)18(27,28)12-24/h1-8H,9-12H2. The van der Waals surface area contributed by atoms with Crippen LogP contribution in [0.2, 0.25) is 0 Å². The van der Waals surface area contributed by atoms with Crippen molar-refractivity contribution in [1.29, 1.82) is 0 Å². The molecule has 0 aromatic heterocycles. The maximum absolute atomic E-state index is 13.5. The van der Waals surface area contributed by atoms with Crippen molar-refractivity contribution >= 4 is 0 Å². The molecule has 0 N–H and O–H groups in total. The van der Waals surface area contributed by atoms with Crippen LogP contribution >= 0.6 is 0 Å². The summed E-state index contributed by atoms with van der Waals surface area (Å²) in [6, 6.07) is 9.19. The van der Waals surface area contributed by atoms with Gasteiger partial charge in [0.15, 0.2) is 13.3 Å². The SMILES string of the molecule is FCC(F)(F)C(F)(F)C(F)(F)OCc1ccc(-c2ccc(COC(F)(F)C(F)(F)C(F)(F)CF)cc2)cc1. The van der Waals surface area contributed by atoms with Crippen LogP contribution in [0.5, 0.6) is 0 Å². The summed E-state index contributed by atoms with van der Waals surface area (Å²) in [7, 11) is 0. The van der Waals surface area contributed by atoms with E-state index in [4.69, 9.17) is 0 Å². The fourth-order valence-corrected chi connectivity index (χ4v) is 2.71. The van der Waals surface area contributed by atoms with Gasteiger partial charge in [0.25, 0.3) is 0 Å². The minimum atomic E-state index is -6.14. The van der Waals surface area contributed by atoms with Gasteiger partial charge in [-0.1, -0.05) is 48.5 Å². The van der Waals surface area contributed by atoms with E-state index in [1.807, 2.05) is 0 Å². The molecule has 214 valence electrons. The van der Waals surface area contributed by atoms with E-state index in [2.05, 4.69) is 9.47 Å². The first kappa shape index (κ1) is 31.6. The summed E-state index contributed by atoms with van der Waals surface area (Å²) in [4.78, 5) is 0. The predicted octanol–water partition coefficient (Wildman–Crippen LogP) is 8.05. The van der Waals surface area contributed by atoms with Crippen LogP contribution in [0.15, 0.2) is 48.5 Å². The van der Waals surface area contributed by atoms with Crippen molar-refractivity contribution in [3.8, 4) is 11.1 Å². The normalized spacial score (nSPS) is 14.2. The lowest BCUT2D eigenvalue weighted by molar-refractivity contribution is -0.402. The molecule has 38 heavy (non-hydrogen) atoms. The molecule has 2 aromatic rings. The minimum absolute atomic E-state index is 0.189. The van der Waals surface area contributed by atoms with Crippen molar-refractivity contribution in [3.63, 3.8) is 0 Å². The molecule has 16 heteroatoms. The molecule has 0 spiro atoms. The molecule has 2 aromatic carbocycles. The highest BCUT2D eigenvalue weighted by molar-refractivity contribution is 5.63. The highest BCUT2D eigenvalue weighted by Crippen LogP contribution is 2.48. The van der Waals surface area contributed by atoms with Gasteiger partial charge in [0.05, 0.1) is 13.2 Å². The fraction of sp³-hybridized carbons (Fsp3) is 0.455. The summed E-state index contributed by atoms with van der Waals surface area (Å²) in [5, 5.41) is 0. The molecule has 0 unspecified atom stereocenters. The van der Waals surface area contributed by atoms with E-state index in [1.165, 1.54) is 24.3 Å². The zero-order chi connectivity index (χ0) is 29.2. The van der Waals surface area contributed by atoms with Gasteiger partial charge < -0.3 is 9.47 Å². The quantitative estimate of drug-likeness (QED) is 0.224. The molecule has 0 fully saturated rings. The monoisotopic (exact) mass is 578 g/mol. The van der Waals surface area contributed by atoms with Crippen molar-refractivity contribution in [2.75, 3.05) is 13.3 Å². The van der Waals surface area contributed by atoms with Gasteiger partial charge in [-0.05, 0) is 22.3 Å². The number of hydrogen-bond donors (Lipinski definition) is 0. The number of halogens is 14. The molecule has 0 aliphatic rings. The van der Waals surface area contributed by atoms with E-state index in [0.717, 1.165) is 24.3 Å². The maximum Gasteiger partial charge on any atom is 0.426 e. The summed E-state index contributed by atoms with van der Waals surface area (Å²) in [5.41, 5.74) is 0.237. The molecule has 0 radical (unpaired) electrons. The van der Waals surface area contributed by atoms with Crippen molar-refractivity contribution in [2.45, 2.75) is 49.1 Å². The molecule has 0 heterocycles. The van der Waals surface area contributed by atoms with Crippen LogP contribution in [-0.2, 0) is 22.7 Å². The van der Waals surface area contributed by atoms with Gasteiger partial charge in [-0.3, -0.25) is 0 Å². The van der Waals surface area contributed by atoms with Crippen LogP contribution < -0.4 is 0 Å². The van der Waals surface area contributed by atoms with Crippen LogP contribution in [0.1, 0.15) is 11.1 Å². The summed E-state index contributed by atoms with van der Waals surface area (Å²) in [6.45, 7) is -8.66. The number of alkyl halides is 14. The fourth-order valence-electron chi connectivity index (χ4n) is 2.71. The Bertz CT molecular complexity index is 967. The van der Waals surface area contributed by atoms with Gasteiger partial charge in [0, 0.05) is 0 Å². The van der Waals surface area contributed by atoms with Crippen LogP contribution in [0.4, 0.5) is 61.5 Å². The van der Waals surface area contributed by atoms with E-state index in [-0.39, 0.29) is 11.1 Å². The van der Waals surface area contributed by atoms with Gasteiger partial charge in [-0.15, -0.1) is 0 Å². The Labute approximate surface area is 205 Å². The van der Waals surface area contributed by atoms with Crippen molar-refractivity contribution in [1.82, 2.24) is 0 Å². The van der Waals surface area contributed by atoms with Gasteiger partial charge in [0.1, 0.15) is 0 Å². The molecule has 2 nitrogen and oxygen atoms in total. The highest BCUT2D eigenvalue weighted by atomic mass is 19.4. The summed E-state index contributed by atoms with van der Waals surface area (Å²) < 4.78 is 190. The Hall–Kier alpha value is -2.62. The predicted molar refractivity (Wildman–Crippen MR) is 103 cm³/mol. The Morgan fingerprint density at radius 1 is 0.447 bits per heavy atom. The lowest BCUT2D eigenvalue weighted by Crippen LogP contribution is -2.56.